The number of hydrogen-bond acceptors (Lipinski definition) is 5. The van der Waals surface area contributed by atoms with Gasteiger partial charge in [-0.05, 0) is 62.0 Å². The van der Waals surface area contributed by atoms with Crippen molar-refractivity contribution in [2.24, 2.45) is 24.8 Å². The lowest BCUT2D eigenvalue weighted by Gasteiger charge is -2.26. The zero-order valence-electron chi connectivity index (χ0n) is 23.6. The van der Waals surface area contributed by atoms with Crippen LogP contribution in [0.2, 0.25) is 0 Å². The average molecular weight is 550 g/mol. The quantitative estimate of drug-likeness (QED) is 0.294. The molecular formula is C30H39N5O5. The summed E-state index contributed by atoms with van der Waals surface area (Å²) < 4.78 is 7.79. The first kappa shape index (κ1) is 27.7. The van der Waals surface area contributed by atoms with Gasteiger partial charge >= 0.3 is 12.0 Å². The van der Waals surface area contributed by atoms with E-state index in [4.69, 9.17) is 4.42 Å². The van der Waals surface area contributed by atoms with Gasteiger partial charge in [0, 0.05) is 36.6 Å². The number of carbonyl (C=O) groups is 3. The summed E-state index contributed by atoms with van der Waals surface area (Å²) in [6.45, 7) is 5.54. The number of hydrogen-bond donors (Lipinski definition) is 4. The third kappa shape index (κ3) is 5.85. The molecule has 2 aliphatic carbocycles. The number of amides is 3. The van der Waals surface area contributed by atoms with Gasteiger partial charge in [-0.25, -0.2) is 14.6 Å². The Morgan fingerprint density at radius 3 is 2.58 bits per heavy atom. The van der Waals surface area contributed by atoms with Crippen LogP contribution in [0.4, 0.5) is 4.79 Å². The van der Waals surface area contributed by atoms with Gasteiger partial charge in [0.2, 0.25) is 11.8 Å². The first-order valence-corrected chi connectivity index (χ1v) is 14.2. The SMILES string of the molecule is Cc1oc([C@@H](Cc2cn(C)c3ccccc23)NC(=O)[C@H](CC(C)C)NC(=O)NC2CC3CCC2C3)nc1C(=O)O. The molecule has 3 unspecified atom stereocenters. The number of fused-ring (bicyclic) bond motifs is 3. The van der Waals surface area contributed by atoms with Crippen LogP contribution in [0.5, 0.6) is 0 Å². The zero-order chi connectivity index (χ0) is 28.6. The van der Waals surface area contributed by atoms with E-state index in [1.807, 2.05) is 55.9 Å². The van der Waals surface area contributed by atoms with Crippen LogP contribution in [0.15, 0.2) is 34.9 Å². The largest absolute Gasteiger partial charge is 0.476 e. The predicted octanol–water partition coefficient (Wildman–Crippen LogP) is 4.48. The van der Waals surface area contributed by atoms with Crippen LogP contribution in [0.25, 0.3) is 10.9 Å². The molecule has 4 N–H and O–H groups in total. The molecule has 2 fully saturated rings. The second-order valence-corrected chi connectivity index (χ2v) is 11.9. The van der Waals surface area contributed by atoms with Gasteiger partial charge in [0.05, 0.1) is 0 Å². The van der Waals surface area contributed by atoms with Crippen LogP contribution < -0.4 is 16.0 Å². The van der Waals surface area contributed by atoms with Crippen molar-refractivity contribution in [3.8, 4) is 0 Å². The number of para-hydroxylation sites is 1. The molecule has 40 heavy (non-hydrogen) atoms. The van der Waals surface area contributed by atoms with Crippen molar-refractivity contribution in [1.29, 1.82) is 0 Å². The molecule has 2 aromatic heterocycles. The van der Waals surface area contributed by atoms with Crippen molar-refractivity contribution < 1.29 is 23.9 Å². The van der Waals surface area contributed by atoms with E-state index in [9.17, 15) is 19.5 Å². The summed E-state index contributed by atoms with van der Waals surface area (Å²) in [5.74, 6) is 0.0918. The van der Waals surface area contributed by atoms with Crippen molar-refractivity contribution in [2.45, 2.75) is 77.4 Å². The minimum Gasteiger partial charge on any atom is -0.476 e. The fourth-order valence-corrected chi connectivity index (χ4v) is 6.54. The Labute approximate surface area is 233 Å². The summed E-state index contributed by atoms with van der Waals surface area (Å²) in [6.07, 6.45) is 7.33. The zero-order valence-corrected chi connectivity index (χ0v) is 23.6. The number of carbonyl (C=O) groups excluding carboxylic acids is 2. The van der Waals surface area contributed by atoms with Gasteiger partial charge in [0.1, 0.15) is 17.8 Å². The number of carboxylic acids is 1. The summed E-state index contributed by atoms with van der Waals surface area (Å²) in [6, 6.07) is 6.26. The van der Waals surface area contributed by atoms with Gasteiger partial charge in [-0.2, -0.15) is 0 Å². The highest BCUT2D eigenvalue weighted by Gasteiger charge is 2.40. The molecule has 0 saturated heterocycles. The van der Waals surface area contributed by atoms with E-state index >= 15 is 0 Å². The summed E-state index contributed by atoms with van der Waals surface area (Å²) >= 11 is 0. The summed E-state index contributed by atoms with van der Waals surface area (Å²) in [7, 11) is 1.95. The first-order chi connectivity index (χ1) is 19.1. The molecule has 1 aromatic carbocycles. The second kappa shape index (κ2) is 11.3. The Morgan fingerprint density at radius 2 is 1.93 bits per heavy atom. The third-order valence-electron chi connectivity index (χ3n) is 8.42. The molecule has 2 heterocycles. The number of benzene rings is 1. The van der Waals surface area contributed by atoms with Crippen molar-refractivity contribution in [3.05, 3.63) is 53.4 Å². The van der Waals surface area contributed by atoms with Gasteiger partial charge in [-0.15, -0.1) is 0 Å². The third-order valence-corrected chi connectivity index (χ3v) is 8.42. The van der Waals surface area contributed by atoms with Crippen LogP contribution in [0.3, 0.4) is 0 Å². The number of rotatable bonds is 10. The highest BCUT2D eigenvalue weighted by Crippen LogP contribution is 2.44. The van der Waals surface area contributed by atoms with E-state index in [2.05, 4.69) is 20.9 Å². The monoisotopic (exact) mass is 549 g/mol. The number of carboxylic acid groups (broad SMARTS) is 1. The Morgan fingerprint density at radius 1 is 1.15 bits per heavy atom. The molecule has 0 spiro atoms. The minimum absolute atomic E-state index is 0.117. The minimum atomic E-state index is -1.20. The second-order valence-electron chi connectivity index (χ2n) is 11.9. The number of nitrogens with one attached hydrogen (secondary N) is 3. The summed E-state index contributed by atoms with van der Waals surface area (Å²) in [4.78, 5) is 42.6. The maximum atomic E-state index is 13.7. The van der Waals surface area contributed by atoms with Crippen LogP contribution in [0, 0.1) is 24.7 Å². The molecule has 5 rings (SSSR count). The summed E-state index contributed by atoms with van der Waals surface area (Å²) in [5.41, 5.74) is 1.81. The molecule has 2 saturated carbocycles. The number of oxazole rings is 1. The Hall–Kier alpha value is -3.82. The Bertz CT molecular complexity index is 1410. The van der Waals surface area contributed by atoms with Gasteiger partial charge in [-0.1, -0.05) is 38.5 Å². The van der Waals surface area contributed by atoms with Gasteiger partial charge in [0.25, 0.3) is 0 Å². The lowest BCUT2D eigenvalue weighted by molar-refractivity contribution is -0.124. The maximum Gasteiger partial charge on any atom is 0.358 e. The number of aromatic nitrogens is 2. The molecular weight excluding hydrogens is 510 g/mol. The average Bonchev–Trinajstić information content (AvgIpc) is 3.67. The first-order valence-electron chi connectivity index (χ1n) is 14.2. The molecule has 3 aromatic rings. The fraction of sp³-hybridized carbons (Fsp3) is 0.533. The van der Waals surface area contributed by atoms with Crippen molar-refractivity contribution >= 4 is 28.8 Å². The van der Waals surface area contributed by atoms with E-state index in [0.717, 1.165) is 29.3 Å². The molecule has 10 heteroatoms. The highest BCUT2D eigenvalue weighted by molar-refractivity contribution is 5.88. The Balaban J connectivity index is 1.37. The molecule has 10 nitrogen and oxygen atoms in total. The fourth-order valence-electron chi connectivity index (χ4n) is 6.54. The molecule has 3 amide bonds. The summed E-state index contributed by atoms with van der Waals surface area (Å²) in [5, 5.41) is 19.6. The molecule has 5 atom stereocenters. The molecule has 0 radical (unpaired) electrons. The molecule has 2 aliphatic rings. The lowest BCUT2D eigenvalue weighted by atomic mass is 9.95. The molecule has 214 valence electrons. The van der Waals surface area contributed by atoms with Gasteiger partial charge < -0.3 is 30.0 Å². The van der Waals surface area contributed by atoms with E-state index in [0.29, 0.717) is 24.7 Å². The number of aryl methyl sites for hydroxylation is 2. The number of urea groups is 1. The van der Waals surface area contributed by atoms with Crippen molar-refractivity contribution in [1.82, 2.24) is 25.5 Å². The number of nitrogens with zero attached hydrogens (tertiary/aromatic N) is 2. The Kier molecular flexibility index (Phi) is 7.87. The topological polar surface area (TPSA) is 138 Å². The predicted molar refractivity (Wildman–Crippen MR) is 150 cm³/mol. The lowest BCUT2D eigenvalue weighted by Crippen LogP contribution is -2.53. The van der Waals surface area contributed by atoms with E-state index in [-0.39, 0.29) is 41.2 Å². The van der Waals surface area contributed by atoms with E-state index in [1.165, 1.54) is 12.8 Å². The van der Waals surface area contributed by atoms with E-state index < -0.39 is 18.1 Å². The van der Waals surface area contributed by atoms with Crippen molar-refractivity contribution in [3.63, 3.8) is 0 Å². The van der Waals surface area contributed by atoms with Crippen molar-refractivity contribution in [2.75, 3.05) is 0 Å². The number of aromatic carboxylic acids is 1. The molecule has 2 bridgehead atoms. The van der Waals surface area contributed by atoms with E-state index in [1.54, 1.807) is 6.92 Å². The molecule has 0 aliphatic heterocycles. The highest BCUT2D eigenvalue weighted by atomic mass is 16.4. The van der Waals surface area contributed by atoms with Crippen LogP contribution in [0.1, 0.15) is 79.7 Å². The standard InChI is InChI=1S/C30H39N5O5/c1-16(2)11-23(33-30(39)32-22-13-18-9-10-19(22)12-18)27(36)31-24(28-34-26(29(37)38)17(3)40-28)14-20-15-35(4)25-8-6-5-7-21(20)25/h5-8,15-16,18-19,22-24H,9-14H2,1-4H3,(H,31,36)(H,37,38)(H2,32,33,39)/t18?,19?,22?,23-,24+/m0/s1. The van der Waals surface area contributed by atoms with Crippen LogP contribution >= 0.6 is 0 Å². The maximum absolute atomic E-state index is 13.7. The van der Waals surface area contributed by atoms with Crippen LogP contribution in [-0.4, -0.2) is 44.6 Å². The van der Waals surface area contributed by atoms with Gasteiger partial charge in [-0.3, -0.25) is 4.79 Å². The normalized spacial score (nSPS) is 21.5. The van der Waals surface area contributed by atoms with Gasteiger partial charge in [0.15, 0.2) is 5.69 Å². The van der Waals surface area contributed by atoms with Crippen LogP contribution in [-0.2, 0) is 18.3 Å². The smallest absolute Gasteiger partial charge is 0.358 e.